The molecule has 0 saturated carbocycles. The summed E-state index contributed by atoms with van der Waals surface area (Å²) in [7, 11) is 1.60. The maximum Gasteiger partial charge on any atom is 0.217 e. The smallest absolute Gasteiger partial charge is 0.217 e. The van der Waals surface area contributed by atoms with Crippen molar-refractivity contribution >= 4 is 45.7 Å². The van der Waals surface area contributed by atoms with E-state index in [9.17, 15) is 5.11 Å². The van der Waals surface area contributed by atoms with E-state index in [0.29, 0.717) is 20.3 Å². The van der Waals surface area contributed by atoms with Gasteiger partial charge in [0.25, 0.3) is 0 Å². The molecule has 1 aromatic heterocycles. The number of hydrogen-bond acceptors (Lipinski definition) is 5. The highest BCUT2D eigenvalue weighted by Crippen LogP contribution is 2.41. The van der Waals surface area contributed by atoms with Crippen molar-refractivity contribution in [3.05, 3.63) is 75.1 Å². The standard InChI is InChI=1S/C21H14N2O2S2/c1-25-16-11-3-2-10-15(16)23-20(24)19(27-21(23)26)18-13-8-4-6-12-7-5-9-14(22-18)17(12)13/h2-11,24H,1H3. The van der Waals surface area contributed by atoms with Crippen LogP contribution < -0.4 is 4.74 Å². The number of methoxy groups -OCH3 is 1. The van der Waals surface area contributed by atoms with Gasteiger partial charge in [0.1, 0.15) is 10.6 Å². The number of aliphatic imine (C=N–C) groups is 1. The van der Waals surface area contributed by atoms with Crippen LogP contribution in [0.5, 0.6) is 11.6 Å². The molecule has 6 heteroatoms. The second-order valence-electron chi connectivity index (χ2n) is 6.17. The Balaban J connectivity index is 1.74. The van der Waals surface area contributed by atoms with Crippen LogP contribution in [0.4, 0.5) is 5.69 Å². The molecular weight excluding hydrogens is 376 g/mol. The highest BCUT2D eigenvalue weighted by Gasteiger charge is 2.26. The Hall–Kier alpha value is -2.96. The van der Waals surface area contributed by atoms with Crippen molar-refractivity contribution in [2.24, 2.45) is 4.99 Å². The second kappa shape index (κ2) is 6.04. The number of ether oxygens (including phenoxy) is 1. The van der Waals surface area contributed by atoms with Crippen LogP contribution in [0.15, 0.2) is 65.7 Å². The third-order valence-corrected chi connectivity index (χ3v) is 6.07. The summed E-state index contributed by atoms with van der Waals surface area (Å²) in [6.45, 7) is 0. The third kappa shape index (κ3) is 2.34. The van der Waals surface area contributed by atoms with Gasteiger partial charge in [-0.25, -0.2) is 4.99 Å². The number of aromatic nitrogens is 1. The molecule has 3 aromatic carbocycles. The zero-order valence-corrected chi connectivity index (χ0v) is 16.0. The Morgan fingerprint density at radius 1 is 1.04 bits per heavy atom. The van der Waals surface area contributed by atoms with E-state index in [1.165, 1.54) is 11.3 Å². The van der Waals surface area contributed by atoms with Gasteiger partial charge >= 0.3 is 0 Å². The highest BCUT2D eigenvalue weighted by molar-refractivity contribution is 7.73. The molecule has 4 aromatic rings. The fraction of sp³-hybridized carbons (Fsp3) is 0.0476. The van der Waals surface area contributed by atoms with Crippen LogP contribution in [0.25, 0.3) is 16.5 Å². The number of aromatic hydroxyl groups is 1. The predicted molar refractivity (Wildman–Crippen MR) is 112 cm³/mol. The minimum atomic E-state index is 0.0815. The van der Waals surface area contributed by atoms with Crippen molar-refractivity contribution in [3.63, 3.8) is 0 Å². The molecule has 1 N–H and O–H groups in total. The van der Waals surface area contributed by atoms with E-state index in [1.54, 1.807) is 11.7 Å². The molecule has 1 aliphatic rings. The lowest BCUT2D eigenvalue weighted by Crippen LogP contribution is -2.01. The van der Waals surface area contributed by atoms with Gasteiger partial charge in [-0.05, 0) is 35.8 Å². The first kappa shape index (κ1) is 16.2. The predicted octanol–water partition coefficient (Wildman–Crippen LogP) is 5.62. The monoisotopic (exact) mass is 390 g/mol. The Labute approximate surface area is 164 Å². The van der Waals surface area contributed by atoms with E-state index in [-0.39, 0.29) is 5.88 Å². The van der Waals surface area contributed by atoms with E-state index >= 15 is 0 Å². The largest absolute Gasteiger partial charge is 0.495 e. The van der Waals surface area contributed by atoms with E-state index in [0.717, 1.165) is 27.7 Å². The molecule has 0 bridgehead atoms. The van der Waals surface area contributed by atoms with Crippen molar-refractivity contribution in [2.75, 3.05) is 7.11 Å². The van der Waals surface area contributed by atoms with Crippen molar-refractivity contribution in [2.45, 2.75) is 0 Å². The van der Waals surface area contributed by atoms with Gasteiger partial charge in [0.05, 0.1) is 24.2 Å². The normalized spacial score (nSPS) is 12.4. The highest BCUT2D eigenvalue weighted by atomic mass is 32.1. The fourth-order valence-electron chi connectivity index (χ4n) is 3.51. The zero-order chi connectivity index (χ0) is 18.5. The Bertz CT molecular complexity index is 1300. The van der Waals surface area contributed by atoms with Crippen LogP contribution in [-0.4, -0.2) is 22.5 Å². The van der Waals surface area contributed by atoms with Crippen LogP contribution >= 0.6 is 23.6 Å². The number of benzene rings is 3. The number of rotatable bonds is 3. The molecule has 2 heterocycles. The summed E-state index contributed by atoms with van der Waals surface area (Å²) >= 11 is 6.91. The molecule has 0 aliphatic carbocycles. The van der Waals surface area contributed by atoms with Crippen molar-refractivity contribution in [1.82, 2.24) is 4.57 Å². The molecule has 0 radical (unpaired) electrons. The van der Waals surface area contributed by atoms with Crippen LogP contribution in [0.1, 0.15) is 10.4 Å². The lowest BCUT2D eigenvalue weighted by Gasteiger charge is -2.10. The molecule has 0 atom stereocenters. The van der Waals surface area contributed by atoms with E-state index in [4.69, 9.17) is 21.9 Å². The van der Waals surface area contributed by atoms with Gasteiger partial charge < -0.3 is 9.84 Å². The molecule has 1 aliphatic heterocycles. The molecule has 132 valence electrons. The molecule has 0 spiro atoms. The minimum Gasteiger partial charge on any atom is -0.495 e. The first-order valence-corrected chi connectivity index (χ1v) is 9.61. The topological polar surface area (TPSA) is 46.8 Å². The summed E-state index contributed by atoms with van der Waals surface area (Å²) < 4.78 is 7.62. The summed E-state index contributed by atoms with van der Waals surface area (Å²) in [4.78, 5) is 5.46. The average molecular weight is 390 g/mol. The van der Waals surface area contributed by atoms with Crippen molar-refractivity contribution < 1.29 is 9.84 Å². The van der Waals surface area contributed by atoms with Crippen molar-refractivity contribution in [3.8, 4) is 17.3 Å². The summed E-state index contributed by atoms with van der Waals surface area (Å²) in [5.41, 5.74) is 3.39. The van der Waals surface area contributed by atoms with Crippen LogP contribution in [-0.2, 0) is 0 Å². The molecule has 5 rings (SSSR count). The van der Waals surface area contributed by atoms with Crippen LogP contribution in [0, 0.1) is 3.95 Å². The first-order chi connectivity index (χ1) is 13.2. The third-order valence-electron chi connectivity index (χ3n) is 4.70. The van der Waals surface area contributed by atoms with Gasteiger partial charge in [-0.2, -0.15) is 0 Å². The summed E-state index contributed by atoms with van der Waals surface area (Å²) in [5.74, 6) is 0.727. The molecule has 0 unspecified atom stereocenters. The second-order valence-corrected chi connectivity index (χ2v) is 7.81. The Morgan fingerprint density at radius 2 is 1.81 bits per heavy atom. The molecule has 0 fully saturated rings. The number of para-hydroxylation sites is 2. The van der Waals surface area contributed by atoms with Gasteiger partial charge in [-0.1, -0.05) is 53.8 Å². The number of hydrogen-bond donors (Lipinski definition) is 1. The molecule has 0 saturated heterocycles. The first-order valence-electron chi connectivity index (χ1n) is 8.38. The van der Waals surface area contributed by atoms with E-state index < -0.39 is 0 Å². The number of nitrogens with zero attached hydrogens (tertiary/aromatic N) is 2. The Kier molecular flexibility index (Phi) is 3.63. The molecule has 0 amide bonds. The lowest BCUT2D eigenvalue weighted by atomic mass is 10.0. The molecule has 4 nitrogen and oxygen atoms in total. The lowest BCUT2D eigenvalue weighted by molar-refractivity contribution is 0.405. The van der Waals surface area contributed by atoms with Gasteiger partial charge in [0, 0.05) is 10.9 Å². The van der Waals surface area contributed by atoms with Gasteiger partial charge in [0.15, 0.2) is 3.95 Å². The van der Waals surface area contributed by atoms with Gasteiger partial charge in [-0.3, -0.25) is 4.57 Å². The maximum absolute atomic E-state index is 11.0. The minimum absolute atomic E-state index is 0.0815. The summed E-state index contributed by atoms with van der Waals surface area (Å²) in [6, 6.07) is 19.7. The van der Waals surface area contributed by atoms with Gasteiger partial charge in [-0.15, -0.1) is 0 Å². The quantitative estimate of drug-likeness (QED) is 0.407. The fourth-order valence-corrected chi connectivity index (χ4v) is 4.83. The zero-order valence-electron chi connectivity index (χ0n) is 14.3. The SMILES string of the molecule is COc1ccccc1-n1c(O)c(C2=Nc3cccc4cccc2c34)sc1=S. The molecular formula is C21H14N2O2S2. The van der Waals surface area contributed by atoms with Gasteiger partial charge in [0.2, 0.25) is 5.88 Å². The summed E-state index contributed by atoms with van der Waals surface area (Å²) in [6.07, 6.45) is 0. The van der Waals surface area contributed by atoms with E-state index in [1.807, 2.05) is 48.5 Å². The maximum atomic E-state index is 11.0. The molecule has 27 heavy (non-hydrogen) atoms. The summed E-state index contributed by atoms with van der Waals surface area (Å²) in [5, 5.41) is 13.3. The van der Waals surface area contributed by atoms with E-state index in [2.05, 4.69) is 12.1 Å². The Morgan fingerprint density at radius 3 is 2.63 bits per heavy atom. The van der Waals surface area contributed by atoms with Crippen LogP contribution in [0.3, 0.4) is 0 Å². The van der Waals surface area contributed by atoms with Crippen LogP contribution in [0.2, 0.25) is 0 Å². The average Bonchev–Trinajstić information content (AvgIpc) is 3.21. The number of thiazole rings is 1. The van der Waals surface area contributed by atoms with Crippen molar-refractivity contribution in [1.29, 1.82) is 0 Å².